The monoisotopic (exact) mass is 300 g/mol. The van der Waals surface area contributed by atoms with Crippen molar-refractivity contribution in [3.8, 4) is 0 Å². The molecule has 0 spiro atoms. The van der Waals surface area contributed by atoms with Crippen molar-refractivity contribution in [2.45, 2.75) is 6.54 Å². The molecule has 1 N–H and O–H groups in total. The number of halogens is 2. The van der Waals surface area contributed by atoms with Crippen LogP contribution in [0.15, 0.2) is 28.9 Å². The summed E-state index contributed by atoms with van der Waals surface area (Å²) in [4.78, 5) is 0. The van der Waals surface area contributed by atoms with Gasteiger partial charge < -0.3 is 5.32 Å². The molecule has 2 aromatic rings. The summed E-state index contributed by atoms with van der Waals surface area (Å²) < 4.78 is 2.63. The Morgan fingerprint density at radius 1 is 1.50 bits per heavy atom. The molecule has 0 unspecified atom stereocenters. The fraction of sp³-hybridized carbons (Fsp3) is 0.200. The first-order valence-corrected chi connectivity index (χ1v) is 5.86. The molecule has 0 fully saturated rings. The summed E-state index contributed by atoms with van der Waals surface area (Å²) in [6, 6.07) is 5.70. The minimum Gasteiger partial charge on any atom is -0.378 e. The van der Waals surface area contributed by atoms with Crippen LogP contribution in [0.1, 0.15) is 5.69 Å². The third-order valence-electron chi connectivity index (χ3n) is 2.04. The van der Waals surface area contributed by atoms with Crippen molar-refractivity contribution in [1.29, 1.82) is 0 Å². The SMILES string of the molecule is Cn1cc(CNc2ccc(Br)cc2Cl)nn1. The summed E-state index contributed by atoms with van der Waals surface area (Å²) in [5.41, 5.74) is 1.76. The fourth-order valence-electron chi connectivity index (χ4n) is 1.29. The van der Waals surface area contributed by atoms with E-state index in [2.05, 4.69) is 31.6 Å². The van der Waals surface area contributed by atoms with Gasteiger partial charge >= 0.3 is 0 Å². The molecule has 4 nitrogen and oxygen atoms in total. The zero-order valence-electron chi connectivity index (χ0n) is 8.61. The number of nitrogens with one attached hydrogen (secondary N) is 1. The zero-order valence-corrected chi connectivity index (χ0v) is 11.0. The number of nitrogens with zero attached hydrogens (tertiary/aromatic N) is 3. The molecular formula is C10H10BrClN4. The highest BCUT2D eigenvalue weighted by atomic mass is 79.9. The predicted molar refractivity (Wildman–Crippen MR) is 67.5 cm³/mol. The smallest absolute Gasteiger partial charge is 0.102 e. The Morgan fingerprint density at radius 3 is 2.94 bits per heavy atom. The molecule has 0 saturated heterocycles. The van der Waals surface area contributed by atoms with Gasteiger partial charge in [-0.3, -0.25) is 4.68 Å². The summed E-state index contributed by atoms with van der Waals surface area (Å²) >= 11 is 9.42. The average molecular weight is 302 g/mol. The van der Waals surface area contributed by atoms with Gasteiger partial charge in [-0.15, -0.1) is 5.10 Å². The highest BCUT2D eigenvalue weighted by Crippen LogP contribution is 2.25. The van der Waals surface area contributed by atoms with Gasteiger partial charge in [0.25, 0.3) is 0 Å². The third-order valence-corrected chi connectivity index (χ3v) is 2.85. The Balaban J connectivity index is 2.04. The Labute approximate surface area is 107 Å². The second-order valence-electron chi connectivity index (χ2n) is 3.36. The molecule has 0 bridgehead atoms. The van der Waals surface area contributed by atoms with Crippen LogP contribution in [0.5, 0.6) is 0 Å². The van der Waals surface area contributed by atoms with E-state index in [0.29, 0.717) is 11.6 Å². The first-order valence-electron chi connectivity index (χ1n) is 4.69. The average Bonchev–Trinajstić information content (AvgIpc) is 2.63. The minimum absolute atomic E-state index is 0.606. The highest BCUT2D eigenvalue weighted by molar-refractivity contribution is 9.10. The second kappa shape index (κ2) is 4.84. The topological polar surface area (TPSA) is 42.7 Å². The Kier molecular flexibility index (Phi) is 3.46. The lowest BCUT2D eigenvalue weighted by Crippen LogP contribution is -2.00. The predicted octanol–water partition coefficient (Wildman–Crippen LogP) is 2.84. The summed E-state index contributed by atoms with van der Waals surface area (Å²) in [6.45, 7) is 0.606. The van der Waals surface area contributed by atoms with Crippen molar-refractivity contribution >= 4 is 33.2 Å². The lowest BCUT2D eigenvalue weighted by molar-refractivity contribution is 0.713. The molecule has 0 aliphatic carbocycles. The normalized spacial score (nSPS) is 10.4. The van der Waals surface area contributed by atoms with Crippen molar-refractivity contribution in [3.63, 3.8) is 0 Å². The standard InChI is InChI=1S/C10H10BrClN4/c1-16-6-8(14-15-16)5-13-10-3-2-7(11)4-9(10)12/h2-4,6,13H,5H2,1H3. The van der Waals surface area contributed by atoms with Crippen LogP contribution in [0.2, 0.25) is 5.02 Å². The Morgan fingerprint density at radius 2 is 2.31 bits per heavy atom. The van der Waals surface area contributed by atoms with E-state index in [1.807, 2.05) is 31.4 Å². The van der Waals surface area contributed by atoms with Gasteiger partial charge in [0, 0.05) is 17.7 Å². The maximum Gasteiger partial charge on any atom is 0.102 e. The molecule has 16 heavy (non-hydrogen) atoms. The van der Waals surface area contributed by atoms with Crippen molar-refractivity contribution in [2.24, 2.45) is 7.05 Å². The van der Waals surface area contributed by atoms with Gasteiger partial charge in [0.05, 0.1) is 17.3 Å². The molecule has 6 heteroatoms. The second-order valence-corrected chi connectivity index (χ2v) is 4.68. The summed E-state index contributed by atoms with van der Waals surface area (Å²) in [5.74, 6) is 0. The van der Waals surface area contributed by atoms with Gasteiger partial charge in [0.15, 0.2) is 0 Å². The van der Waals surface area contributed by atoms with Crippen LogP contribution >= 0.6 is 27.5 Å². The molecule has 0 saturated carbocycles. The van der Waals surface area contributed by atoms with Gasteiger partial charge in [-0.1, -0.05) is 32.7 Å². The zero-order chi connectivity index (χ0) is 11.5. The van der Waals surface area contributed by atoms with E-state index in [1.165, 1.54) is 0 Å². The van der Waals surface area contributed by atoms with Gasteiger partial charge in [-0.05, 0) is 18.2 Å². The van der Waals surface area contributed by atoms with Gasteiger partial charge in [-0.2, -0.15) is 0 Å². The van der Waals surface area contributed by atoms with Gasteiger partial charge in [-0.25, -0.2) is 0 Å². The number of aromatic nitrogens is 3. The minimum atomic E-state index is 0.606. The number of rotatable bonds is 3. The first kappa shape index (κ1) is 11.4. The van der Waals surface area contributed by atoms with Crippen LogP contribution < -0.4 is 5.32 Å². The van der Waals surface area contributed by atoms with Crippen LogP contribution in [0.25, 0.3) is 0 Å². The molecule has 1 aromatic carbocycles. The Hall–Kier alpha value is -1.07. The molecule has 84 valence electrons. The molecule has 0 amide bonds. The molecule has 0 radical (unpaired) electrons. The van der Waals surface area contributed by atoms with Crippen LogP contribution in [0, 0.1) is 0 Å². The molecule has 2 rings (SSSR count). The van der Waals surface area contributed by atoms with E-state index < -0.39 is 0 Å². The largest absolute Gasteiger partial charge is 0.378 e. The molecule has 1 aromatic heterocycles. The summed E-state index contributed by atoms with van der Waals surface area (Å²) in [6.07, 6.45) is 1.86. The van der Waals surface area contributed by atoms with Gasteiger partial charge in [0.1, 0.15) is 5.69 Å². The Bertz CT molecular complexity index is 497. The lowest BCUT2D eigenvalue weighted by atomic mass is 10.3. The quantitative estimate of drug-likeness (QED) is 0.948. The van der Waals surface area contributed by atoms with Gasteiger partial charge in [0.2, 0.25) is 0 Å². The molecule has 0 atom stereocenters. The highest BCUT2D eigenvalue weighted by Gasteiger charge is 2.02. The maximum atomic E-state index is 6.07. The molecule has 1 heterocycles. The van der Waals surface area contributed by atoms with E-state index in [4.69, 9.17) is 11.6 Å². The number of benzene rings is 1. The van der Waals surface area contributed by atoms with E-state index in [0.717, 1.165) is 15.9 Å². The maximum absolute atomic E-state index is 6.07. The van der Waals surface area contributed by atoms with Crippen molar-refractivity contribution in [2.75, 3.05) is 5.32 Å². The van der Waals surface area contributed by atoms with E-state index in [1.54, 1.807) is 4.68 Å². The van der Waals surface area contributed by atoms with Crippen LogP contribution in [-0.2, 0) is 13.6 Å². The van der Waals surface area contributed by atoms with E-state index in [9.17, 15) is 0 Å². The van der Waals surface area contributed by atoms with E-state index >= 15 is 0 Å². The fourth-order valence-corrected chi connectivity index (χ4v) is 2.04. The molecular weight excluding hydrogens is 291 g/mol. The first-order chi connectivity index (χ1) is 7.65. The number of aryl methyl sites for hydroxylation is 1. The summed E-state index contributed by atoms with van der Waals surface area (Å²) in [5, 5.41) is 11.7. The number of anilines is 1. The van der Waals surface area contributed by atoms with Crippen LogP contribution in [0.4, 0.5) is 5.69 Å². The third kappa shape index (κ3) is 2.74. The number of hydrogen-bond donors (Lipinski definition) is 1. The van der Waals surface area contributed by atoms with Crippen molar-refractivity contribution < 1.29 is 0 Å². The number of hydrogen-bond acceptors (Lipinski definition) is 3. The lowest BCUT2D eigenvalue weighted by Gasteiger charge is -2.06. The van der Waals surface area contributed by atoms with Crippen LogP contribution in [0.3, 0.4) is 0 Å². The summed E-state index contributed by atoms with van der Waals surface area (Å²) in [7, 11) is 1.84. The van der Waals surface area contributed by atoms with E-state index in [-0.39, 0.29) is 0 Å². The molecule has 0 aliphatic heterocycles. The van der Waals surface area contributed by atoms with Crippen LogP contribution in [-0.4, -0.2) is 15.0 Å². The van der Waals surface area contributed by atoms with Crippen molar-refractivity contribution in [1.82, 2.24) is 15.0 Å². The van der Waals surface area contributed by atoms with Crippen molar-refractivity contribution in [3.05, 3.63) is 39.6 Å². The molecule has 0 aliphatic rings.